The van der Waals surface area contributed by atoms with E-state index in [1.807, 2.05) is 31.2 Å². The highest BCUT2D eigenvalue weighted by Gasteiger charge is 2.24. The summed E-state index contributed by atoms with van der Waals surface area (Å²) in [5, 5.41) is 3.38. The number of nitrogens with zero attached hydrogens (tertiary/aromatic N) is 2. The molecule has 1 aromatic carbocycles. The maximum atomic E-state index is 5.95. The zero-order chi connectivity index (χ0) is 18.1. The molecular weight excluding hydrogens is 318 g/mol. The Morgan fingerprint density at radius 3 is 2.88 bits per heavy atom. The summed E-state index contributed by atoms with van der Waals surface area (Å²) in [4.78, 5) is 7.07. The van der Waals surface area contributed by atoms with Gasteiger partial charge in [0.1, 0.15) is 17.6 Å². The fraction of sp³-hybridized carbons (Fsp3) is 0.632. The molecule has 0 spiro atoms. The lowest BCUT2D eigenvalue weighted by Gasteiger charge is -2.22. The molecule has 1 aliphatic rings. The summed E-state index contributed by atoms with van der Waals surface area (Å²) in [5.74, 6) is 3.14. The Morgan fingerprint density at radius 1 is 1.36 bits per heavy atom. The van der Waals surface area contributed by atoms with Crippen LogP contribution in [-0.2, 0) is 4.74 Å². The molecule has 25 heavy (non-hydrogen) atoms. The number of hydrogen-bond donors (Lipinski definition) is 1. The van der Waals surface area contributed by atoms with Gasteiger partial charge in [0.05, 0.1) is 20.3 Å². The van der Waals surface area contributed by atoms with E-state index in [0.29, 0.717) is 12.5 Å². The molecule has 1 fully saturated rings. The summed E-state index contributed by atoms with van der Waals surface area (Å²) >= 11 is 0. The molecule has 0 aromatic heterocycles. The van der Waals surface area contributed by atoms with Crippen LogP contribution in [0.15, 0.2) is 29.3 Å². The molecule has 140 valence electrons. The van der Waals surface area contributed by atoms with Crippen LogP contribution in [0, 0.1) is 5.92 Å². The van der Waals surface area contributed by atoms with Gasteiger partial charge in [-0.25, -0.2) is 4.99 Å². The first-order valence-corrected chi connectivity index (χ1v) is 8.99. The molecule has 0 aliphatic carbocycles. The third-order valence-corrected chi connectivity index (χ3v) is 4.20. The Morgan fingerprint density at radius 2 is 2.16 bits per heavy atom. The second-order valence-corrected chi connectivity index (χ2v) is 6.36. The first-order chi connectivity index (χ1) is 12.2. The third kappa shape index (κ3) is 6.12. The van der Waals surface area contributed by atoms with Gasteiger partial charge in [-0.2, -0.15) is 0 Å². The lowest BCUT2D eigenvalue weighted by atomic mass is 10.1. The Kier molecular flexibility index (Phi) is 7.85. The molecule has 0 bridgehead atoms. The van der Waals surface area contributed by atoms with Crippen molar-refractivity contribution < 1.29 is 14.2 Å². The van der Waals surface area contributed by atoms with Crippen LogP contribution < -0.4 is 14.8 Å². The van der Waals surface area contributed by atoms with Crippen molar-refractivity contribution in [1.29, 1.82) is 0 Å². The highest BCUT2D eigenvalue weighted by atomic mass is 16.5. The molecule has 6 nitrogen and oxygen atoms in total. The minimum Gasteiger partial charge on any atom is -0.497 e. The highest BCUT2D eigenvalue weighted by Crippen LogP contribution is 2.20. The maximum absolute atomic E-state index is 5.95. The molecule has 1 aliphatic heterocycles. The molecule has 1 N–H and O–H groups in total. The van der Waals surface area contributed by atoms with Crippen LogP contribution in [0.3, 0.4) is 0 Å². The van der Waals surface area contributed by atoms with Crippen molar-refractivity contribution in [2.24, 2.45) is 10.9 Å². The quantitative estimate of drug-likeness (QED) is 0.577. The average Bonchev–Trinajstić information content (AvgIpc) is 3.07. The van der Waals surface area contributed by atoms with E-state index in [1.54, 1.807) is 14.2 Å². The third-order valence-electron chi connectivity index (χ3n) is 4.20. The Bertz CT molecular complexity index is 550. The zero-order valence-electron chi connectivity index (χ0n) is 15.8. The van der Waals surface area contributed by atoms with E-state index in [4.69, 9.17) is 19.2 Å². The second kappa shape index (κ2) is 10.1. The number of rotatable bonds is 8. The normalized spacial score (nSPS) is 19.0. The summed E-state index contributed by atoms with van der Waals surface area (Å²) in [7, 11) is 3.42. The lowest BCUT2D eigenvalue weighted by molar-refractivity contribution is 0.157. The van der Waals surface area contributed by atoms with E-state index < -0.39 is 0 Å². The highest BCUT2D eigenvalue weighted by molar-refractivity contribution is 5.80. The van der Waals surface area contributed by atoms with Crippen molar-refractivity contribution in [2.75, 3.05) is 47.0 Å². The van der Waals surface area contributed by atoms with E-state index in [-0.39, 0.29) is 6.10 Å². The Labute approximate surface area is 151 Å². The predicted molar refractivity (Wildman–Crippen MR) is 101 cm³/mol. The van der Waals surface area contributed by atoms with E-state index in [2.05, 4.69) is 17.1 Å². The summed E-state index contributed by atoms with van der Waals surface area (Å²) in [6.45, 7) is 8.40. The summed E-state index contributed by atoms with van der Waals surface area (Å²) < 4.78 is 16.5. The van der Waals surface area contributed by atoms with Crippen molar-refractivity contribution >= 4 is 5.96 Å². The number of ether oxygens (including phenoxy) is 3. The molecular formula is C19H31N3O3. The molecule has 0 saturated carbocycles. The SMILES string of the molecule is CCNC(=NCC(C)Oc1cccc(OC)c1)N1CCC(COC)C1. The number of nitrogens with one attached hydrogen (secondary N) is 1. The average molecular weight is 349 g/mol. The first-order valence-electron chi connectivity index (χ1n) is 8.99. The van der Waals surface area contributed by atoms with Crippen LogP contribution in [0.4, 0.5) is 0 Å². The van der Waals surface area contributed by atoms with Gasteiger partial charge in [0.15, 0.2) is 5.96 Å². The maximum Gasteiger partial charge on any atom is 0.194 e. The predicted octanol–water partition coefficient (Wildman–Crippen LogP) is 2.40. The smallest absolute Gasteiger partial charge is 0.194 e. The summed E-state index contributed by atoms with van der Waals surface area (Å²) in [6.07, 6.45) is 1.13. The van der Waals surface area contributed by atoms with Crippen LogP contribution in [0.2, 0.25) is 0 Å². The summed E-state index contributed by atoms with van der Waals surface area (Å²) in [5.41, 5.74) is 0. The van der Waals surface area contributed by atoms with Gasteiger partial charge in [-0.05, 0) is 32.4 Å². The molecule has 6 heteroatoms. The minimum absolute atomic E-state index is 0.0156. The van der Waals surface area contributed by atoms with Gasteiger partial charge in [0.25, 0.3) is 0 Å². The standard InChI is InChI=1S/C19H31N3O3/c1-5-20-19(22-10-9-16(13-22)14-23-3)21-12-15(2)25-18-8-6-7-17(11-18)24-4/h6-8,11,15-16H,5,9-10,12-14H2,1-4H3,(H,20,21). The van der Waals surface area contributed by atoms with E-state index in [0.717, 1.165) is 50.1 Å². The second-order valence-electron chi connectivity index (χ2n) is 6.36. The number of likely N-dealkylation sites (tertiary alicyclic amines) is 1. The van der Waals surface area contributed by atoms with Crippen molar-refractivity contribution in [3.8, 4) is 11.5 Å². The number of methoxy groups -OCH3 is 2. The van der Waals surface area contributed by atoms with Crippen LogP contribution in [0.1, 0.15) is 20.3 Å². The number of benzene rings is 1. The van der Waals surface area contributed by atoms with Crippen molar-refractivity contribution in [3.63, 3.8) is 0 Å². The fourth-order valence-corrected chi connectivity index (χ4v) is 2.98. The largest absolute Gasteiger partial charge is 0.497 e. The van der Waals surface area contributed by atoms with E-state index in [1.165, 1.54) is 0 Å². The van der Waals surface area contributed by atoms with E-state index >= 15 is 0 Å². The Hall–Kier alpha value is -1.95. The minimum atomic E-state index is -0.0156. The van der Waals surface area contributed by atoms with Crippen LogP contribution in [0.5, 0.6) is 11.5 Å². The van der Waals surface area contributed by atoms with Crippen molar-refractivity contribution in [1.82, 2.24) is 10.2 Å². The number of hydrogen-bond acceptors (Lipinski definition) is 4. The molecule has 0 amide bonds. The van der Waals surface area contributed by atoms with E-state index in [9.17, 15) is 0 Å². The van der Waals surface area contributed by atoms with Gasteiger partial charge < -0.3 is 24.4 Å². The molecule has 2 rings (SSSR count). The van der Waals surface area contributed by atoms with Crippen molar-refractivity contribution in [3.05, 3.63) is 24.3 Å². The lowest BCUT2D eigenvalue weighted by Crippen LogP contribution is -2.41. The van der Waals surface area contributed by atoms with Crippen LogP contribution in [0.25, 0.3) is 0 Å². The van der Waals surface area contributed by atoms with Gasteiger partial charge >= 0.3 is 0 Å². The van der Waals surface area contributed by atoms with Gasteiger partial charge in [-0.3, -0.25) is 0 Å². The van der Waals surface area contributed by atoms with Crippen LogP contribution >= 0.6 is 0 Å². The number of guanidine groups is 1. The van der Waals surface area contributed by atoms with Gasteiger partial charge in [-0.15, -0.1) is 0 Å². The van der Waals surface area contributed by atoms with Gasteiger partial charge in [0.2, 0.25) is 0 Å². The fourth-order valence-electron chi connectivity index (χ4n) is 2.98. The zero-order valence-corrected chi connectivity index (χ0v) is 15.8. The monoisotopic (exact) mass is 349 g/mol. The summed E-state index contributed by atoms with van der Waals surface area (Å²) in [6, 6.07) is 7.65. The Balaban J connectivity index is 1.91. The number of aliphatic imine (C=N–C) groups is 1. The van der Waals surface area contributed by atoms with Crippen LogP contribution in [-0.4, -0.2) is 64.0 Å². The molecule has 2 unspecified atom stereocenters. The van der Waals surface area contributed by atoms with Crippen molar-refractivity contribution in [2.45, 2.75) is 26.4 Å². The van der Waals surface area contributed by atoms with Gasteiger partial charge in [-0.1, -0.05) is 6.07 Å². The van der Waals surface area contributed by atoms with Gasteiger partial charge in [0, 0.05) is 38.7 Å². The first kappa shape index (κ1) is 19.4. The molecule has 1 saturated heterocycles. The molecule has 1 heterocycles. The molecule has 0 radical (unpaired) electrons. The topological polar surface area (TPSA) is 55.3 Å². The molecule has 2 atom stereocenters. The molecule has 1 aromatic rings.